The van der Waals surface area contributed by atoms with E-state index in [0.717, 1.165) is 31.5 Å². The molecule has 1 fully saturated rings. The van der Waals surface area contributed by atoms with Gasteiger partial charge in [-0.05, 0) is 48.7 Å². The van der Waals surface area contributed by atoms with Crippen molar-refractivity contribution in [1.82, 2.24) is 4.90 Å². The molecule has 1 saturated heterocycles. The maximum absolute atomic E-state index is 13.6. The van der Waals surface area contributed by atoms with E-state index in [2.05, 4.69) is 0 Å². The molecule has 6 heteroatoms. The second-order valence-electron chi connectivity index (χ2n) is 7.36. The zero-order valence-corrected chi connectivity index (χ0v) is 17.5. The maximum Gasteiger partial charge on any atom is 0.264 e. The zero-order chi connectivity index (χ0) is 21.0. The first kappa shape index (κ1) is 20.2. The molecule has 30 heavy (non-hydrogen) atoms. The van der Waals surface area contributed by atoms with Crippen LogP contribution in [0.3, 0.4) is 0 Å². The Hall–Kier alpha value is -3.12. The molecule has 0 atom stereocenters. The quantitative estimate of drug-likeness (QED) is 0.597. The number of carbonyl (C=O) groups excluding carboxylic acids is 1. The number of amides is 1. The number of likely N-dealkylation sites (tertiary alicyclic amines) is 1. The Bertz CT molecular complexity index is 1110. The number of benzene rings is 3. The Morgan fingerprint density at radius 2 is 1.47 bits per heavy atom. The van der Waals surface area contributed by atoms with Gasteiger partial charge >= 0.3 is 0 Å². The van der Waals surface area contributed by atoms with Crippen LogP contribution in [0.5, 0.6) is 0 Å². The first-order valence-electron chi connectivity index (χ1n) is 10.1. The molecule has 0 radical (unpaired) electrons. The summed E-state index contributed by atoms with van der Waals surface area (Å²) in [5.41, 5.74) is 1.87. The lowest BCUT2D eigenvalue weighted by Gasteiger charge is -2.25. The smallest absolute Gasteiger partial charge is 0.264 e. The third-order valence-electron chi connectivity index (χ3n) is 5.28. The molecule has 0 aliphatic carbocycles. The van der Waals surface area contributed by atoms with Crippen LogP contribution in [-0.2, 0) is 16.6 Å². The summed E-state index contributed by atoms with van der Waals surface area (Å²) >= 11 is 0. The van der Waals surface area contributed by atoms with Crippen molar-refractivity contribution in [2.45, 2.75) is 24.3 Å². The summed E-state index contributed by atoms with van der Waals surface area (Å²) in [5.74, 6) is -0.112. The number of anilines is 1. The fourth-order valence-corrected chi connectivity index (χ4v) is 5.18. The van der Waals surface area contributed by atoms with E-state index in [-0.39, 0.29) is 17.3 Å². The Morgan fingerprint density at radius 1 is 0.833 bits per heavy atom. The zero-order valence-electron chi connectivity index (χ0n) is 16.6. The van der Waals surface area contributed by atoms with Crippen molar-refractivity contribution in [1.29, 1.82) is 0 Å². The highest BCUT2D eigenvalue weighted by molar-refractivity contribution is 7.92. The normalized spacial score (nSPS) is 13.9. The lowest BCUT2D eigenvalue weighted by atomic mass is 10.2. The van der Waals surface area contributed by atoms with E-state index >= 15 is 0 Å². The minimum absolute atomic E-state index is 0.112. The minimum atomic E-state index is -3.87. The average molecular weight is 421 g/mol. The lowest BCUT2D eigenvalue weighted by Crippen LogP contribution is -2.31. The summed E-state index contributed by atoms with van der Waals surface area (Å²) in [6, 6.07) is 24.9. The van der Waals surface area contributed by atoms with Crippen molar-refractivity contribution < 1.29 is 13.2 Å². The number of nitrogens with zero attached hydrogens (tertiary/aromatic N) is 2. The average Bonchev–Trinajstić information content (AvgIpc) is 3.33. The summed E-state index contributed by atoms with van der Waals surface area (Å²) in [6.07, 6.45) is 1.98. The molecule has 3 aromatic rings. The second kappa shape index (κ2) is 8.71. The molecule has 5 nitrogen and oxygen atoms in total. The molecule has 0 spiro atoms. The van der Waals surface area contributed by atoms with Crippen molar-refractivity contribution in [2.75, 3.05) is 17.4 Å². The van der Waals surface area contributed by atoms with Crippen molar-refractivity contribution in [3.63, 3.8) is 0 Å². The Labute approximate surface area is 177 Å². The molecule has 0 N–H and O–H groups in total. The fourth-order valence-electron chi connectivity index (χ4n) is 3.68. The van der Waals surface area contributed by atoms with Crippen LogP contribution in [0.25, 0.3) is 0 Å². The molecule has 3 aromatic carbocycles. The number of sulfonamides is 1. The lowest BCUT2D eigenvalue weighted by molar-refractivity contribution is 0.0792. The van der Waals surface area contributed by atoms with Gasteiger partial charge in [0.15, 0.2) is 0 Å². The molecule has 1 aliphatic rings. The summed E-state index contributed by atoms with van der Waals surface area (Å²) in [7, 11) is -3.87. The molecule has 0 bridgehead atoms. The van der Waals surface area contributed by atoms with Crippen LogP contribution < -0.4 is 4.31 Å². The molecule has 154 valence electrons. The molecule has 4 rings (SSSR count). The largest absolute Gasteiger partial charge is 0.339 e. The van der Waals surface area contributed by atoms with Crippen molar-refractivity contribution in [2.24, 2.45) is 0 Å². The predicted molar refractivity (Wildman–Crippen MR) is 118 cm³/mol. The summed E-state index contributed by atoms with van der Waals surface area (Å²) in [4.78, 5) is 14.7. The third-order valence-corrected chi connectivity index (χ3v) is 7.05. The number of para-hydroxylation sites is 1. The van der Waals surface area contributed by atoms with Crippen LogP contribution in [0, 0.1) is 0 Å². The fraction of sp³-hybridized carbons (Fsp3) is 0.208. The van der Waals surface area contributed by atoms with Gasteiger partial charge in [-0.25, -0.2) is 8.42 Å². The van der Waals surface area contributed by atoms with Gasteiger partial charge < -0.3 is 4.90 Å². The minimum Gasteiger partial charge on any atom is -0.339 e. The van der Waals surface area contributed by atoms with Gasteiger partial charge in [-0.2, -0.15) is 0 Å². The number of carbonyl (C=O) groups is 1. The van der Waals surface area contributed by atoms with Crippen LogP contribution in [0.1, 0.15) is 28.8 Å². The SMILES string of the molecule is O=C(c1cccc(S(=O)(=O)N(Cc2ccccc2)c2ccccc2)c1)N1CCCC1. The summed E-state index contributed by atoms with van der Waals surface area (Å²) in [5, 5.41) is 0. The molecule has 0 saturated carbocycles. The van der Waals surface area contributed by atoms with E-state index < -0.39 is 10.0 Å². The Kier molecular flexibility index (Phi) is 5.86. The van der Waals surface area contributed by atoms with Gasteiger partial charge in [-0.1, -0.05) is 54.6 Å². The first-order valence-corrected chi connectivity index (χ1v) is 11.5. The highest BCUT2D eigenvalue weighted by Crippen LogP contribution is 2.27. The van der Waals surface area contributed by atoms with Crippen LogP contribution in [0.4, 0.5) is 5.69 Å². The van der Waals surface area contributed by atoms with E-state index in [0.29, 0.717) is 11.3 Å². The Balaban J connectivity index is 1.71. The molecule has 0 aromatic heterocycles. The number of hydrogen-bond acceptors (Lipinski definition) is 3. The topological polar surface area (TPSA) is 57.7 Å². The van der Waals surface area contributed by atoms with Crippen LogP contribution >= 0.6 is 0 Å². The summed E-state index contributed by atoms with van der Waals surface area (Å²) < 4.78 is 28.7. The predicted octanol–water partition coefficient (Wildman–Crippen LogP) is 4.32. The first-order chi connectivity index (χ1) is 14.6. The molecule has 1 heterocycles. The molecular weight excluding hydrogens is 396 g/mol. The second-order valence-corrected chi connectivity index (χ2v) is 9.22. The van der Waals surface area contributed by atoms with Crippen molar-refractivity contribution in [3.05, 3.63) is 96.1 Å². The van der Waals surface area contributed by atoms with Gasteiger partial charge in [0.2, 0.25) is 0 Å². The van der Waals surface area contributed by atoms with Gasteiger partial charge in [-0.3, -0.25) is 9.10 Å². The van der Waals surface area contributed by atoms with E-state index in [1.54, 1.807) is 35.2 Å². The molecule has 1 amide bonds. The van der Waals surface area contributed by atoms with Gasteiger partial charge in [0.1, 0.15) is 0 Å². The van der Waals surface area contributed by atoms with E-state index in [4.69, 9.17) is 0 Å². The van der Waals surface area contributed by atoms with Crippen molar-refractivity contribution in [3.8, 4) is 0 Å². The number of hydrogen-bond donors (Lipinski definition) is 0. The maximum atomic E-state index is 13.6. The van der Waals surface area contributed by atoms with Gasteiger partial charge in [0.05, 0.1) is 17.1 Å². The molecule has 0 unspecified atom stereocenters. The highest BCUT2D eigenvalue weighted by atomic mass is 32.2. The third kappa shape index (κ3) is 4.24. The molecule has 1 aliphatic heterocycles. The van der Waals surface area contributed by atoms with E-state index in [9.17, 15) is 13.2 Å². The van der Waals surface area contributed by atoms with Crippen LogP contribution in [0.15, 0.2) is 89.8 Å². The van der Waals surface area contributed by atoms with E-state index in [1.165, 1.54) is 10.4 Å². The Morgan fingerprint density at radius 3 is 2.13 bits per heavy atom. The standard InChI is InChI=1S/C24H24N2O3S/c27-24(25-16-7-8-17-25)21-12-9-15-23(18-21)30(28,29)26(22-13-5-2-6-14-22)19-20-10-3-1-4-11-20/h1-6,9-15,18H,7-8,16-17,19H2. The van der Waals surface area contributed by atoms with Crippen molar-refractivity contribution >= 4 is 21.6 Å². The number of rotatable bonds is 6. The van der Waals surface area contributed by atoms with Crippen LogP contribution in [-0.4, -0.2) is 32.3 Å². The molecular formula is C24H24N2O3S. The highest BCUT2D eigenvalue weighted by Gasteiger charge is 2.27. The summed E-state index contributed by atoms with van der Waals surface area (Å²) in [6.45, 7) is 1.65. The van der Waals surface area contributed by atoms with Crippen LogP contribution in [0.2, 0.25) is 0 Å². The van der Waals surface area contributed by atoms with Gasteiger partial charge in [-0.15, -0.1) is 0 Å². The van der Waals surface area contributed by atoms with E-state index in [1.807, 2.05) is 48.5 Å². The van der Waals surface area contributed by atoms with Gasteiger partial charge in [0.25, 0.3) is 15.9 Å². The van der Waals surface area contributed by atoms with Gasteiger partial charge in [0, 0.05) is 18.7 Å². The monoisotopic (exact) mass is 420 g/mol.